The van der Waals surface area contributed by atoms with E-state index in [1.807, 2.05) is 24.3 Å². The van der Waals surface area contributed by atoms with Crippen molar-refractivity contribution in [2.45, 2.75) is 5.75 Å². The molecule has 0 radical (unpaired) electrons. The van der Waals surface area contributed by atoms with Crippen LogP contribution in [0.3, 0.4) is 0 Å². The Morgan fingerprint density at radius 3 is 2.17 bits per heavy atom. The predicted octanol–water partition coefficient (Wildman–Crippen LogP) is 3.49. The molecule has 0 amide bonds. The van der Waals surface area contributed by atoms with Gasteiger partial charge in [0.15, 0.2) is 0 Å². The summed E-state index contributed by atoms with van der Waals surface area (Å²) in [5.74, 6) is 0.203. The molecule has 0 saturated carbocycles. The number of rotatable bonds is 6. The zero-order valence-corrected chi connectivity index (χ0v) is 17.2. The molecule has 0 bridgehead atoms. The van der Waals surface area contributed by atoms with Crippen molar-refractivity contribution in [3.63, 3.8) is 0 Å². The highest BCUT2D eigenvalue weighted by Crippen LogP contribution is 2.20. The van der Waals surface area contributed by atoms with Crippen LogP contribution in [0.25, 0.3) is 0 Å². The quantitative estimate of drug-likeness (QED) is 0.654. The van der Waals surface area contributed by atoms with Crippen LogP contribution in [0.2, 0.25) is 0 Å². The zero-order chi connectivity index (χ0) is 21.0. The first-order chi connectivity index (χ1) is 14.5. The second-order valence-electron chi connectivity index (χ2n) is 7.20. The summed E-state index contributed by atoms with van der Waals surface area (Å²) in [5.41, 5.74) is 2.14. The Bertz CT molecular complexity index is 1070. The van der Waals surface area contributed by atoms with E-state index in [0.29, 0.717) is 11.3 Å². The molecule has 30 heavy (non-hydrogen) atoms. The Hall–Kier alpha value is -3.13. The van der Waals surface area contributed by atoms with Gasteiger partial charge in [0.25, 0.3) is 0 Å². The van der Waals surface area contributed by atoms with Crippen LogP contribution in [-0.4, -0.2) is 39.6 Å². The van der Waals surface area contributed by atoms with Crippen LogP contribution in [0.4, 0.5) is 21.6 Å². The molecule has 6 nitrogen and oxygen atoms in total. The normalized spacial score (nSPS) is 14.6. The van der Waals surface area contributed by atoms with E-state index in [0.717, 1.165) is 32.0 Å². The maximum absolute atomic E-state index is 13.0. The largest absolute Gasteiger partial charge is 0.368 e. The Labute approximate surface area is 176 Å². The predicted molar refractivity (Wildman–Crippen MR) is 118 cm³/mol. The van der Waals surface area contributed by atoms with Crippen LogP contribution >= 0.6 is 0 Å². The van der Waals surface area contributed by atoms with E-state index in [1.54, 1.807) is 6.07 Å². The summed E-state index contributed by atoms with van der Waals surface area (Å²) in [7, 11) is -3.61. The SMILES string of the molecule is O=S(=O)(Cc1ccc(F)cc1)Nc1ccc(N2CCN(c3ccccc3)CC2)nc1. The fraction of sp³-hybridized carbons (Fsp3) is 0.227. The van der Waals surface area contributed by atoms with Crippen LogP contribution in [0, 0.1) is 5.82 Å². The highest BCUT2D eigenvalue weighted by Gasteiger charge is 2.18. The summed E-state index contributed by atoms with van der Waals surface area (Å²) in [4.78, 5) is 8.97. The monoisotopic (exact) mass is 426 g/mol. The van der Waals surface area contributed by atoms with Crippen LogP contribution in [0.5, 0.6) is 0 Å². The first-order valence-corrected chi connectivity index (χ1v) is 11.4. The third kappa shape index (κ3) is 5.07. The number of nitrogens with one attached hydrogen (secondary N) is 1. The average molecular weight is 427 g/mol. The molecule has 8 heteroatoms. The number of nitrogens with zero attached hydrogens (tertiary/aromatic N) is 3. The Morgan fingerprint density at radius 2 is 1.53 bits per heavy atom. The summed E-state index contributed by atoms with van der Waals surface area (Å²) >= 11 is 0. The summed E-state index contributed by atoms with van der Waals surface area (Å²) in [5, 5.41) is 0. The van der Waals surface area contributed by atoms with Gasteiger partial charge in [0, 0.05) is 31.9 Å². The molecule has 1 aliphatic rings. The molecule has 1 saturated heterocycles. The van der Waals surface area contributed by atoms with E-state index < -0.39 is 15.8 Å². The smallest absolute Gasteiger partial charge is 0.236 e. The van der Waals surface area contributed by atoms with Crippen molar-refractivity contribution < 1.29 is 12.8 Å². The Kier molecular flexibility index (Phi) is 5.85. The van der Waals surface area contributed by atoms with E-state index in [2.05, 4.69) is 31.6 Å². The molecule has 1 N–H and O–H groups in total. The molecule has 1 aliphatic heterocycles. The first kappa shape index (κ1) is 20.2. The van der Waals surface area contributed by atoms with Crippen LogP contribution in [-0.2, 0) is 15.8 Å². The third-order valence-electron chi connectivity index (χ3n) is 5.02. The maximum Gasteiger partial charge on any atom is 0.236 e. The number of aromatic nitrogens is 1. The molecule has 2 aromatic carbocycles. The fourth-order valence-corrected chi connectivity index (χ4v) is 4.67. The third-order valence-corrected chi connectivity index (χ3v) is 6.28. The van der Waals surface area contributed by atoms with Gasteiger partial charge in [0.2, 0.25) is 10.0 Å². The summed E-state index contributed by atoms with van der Waals surface area (Å²) in [6.45, 7) is 3.49. The second-order valence-corrected chi connectivity index (χ2v) is 8.92. The molecular formula is C22H23FN4O2S. The zero-order valence-electron chi connectivity index (χ0n) is 16.4. The van der Waals surface area contributed by atoms with Gasteiger partial charge in [0.05, 0.1) is 17.6 Å². The Balaban J connectivity index is 1.34. The minimum Gasteiger partial charge on any atom is -0.368 e. The topological polar surface area (TPSA) is 65.5 Å². The first-order valence-electron chi connectivity index (χ1n) is 9.74. The highest BCUT2D eigenvalue weighted by atomic mass is 32.2. The number of piperazine rings is 1. The van der Waals surface area contributed by atoms with Gasteiger partial charge in [-0.2, -0.15) is 0 Å². The van der Waals surface area contributed by atoms with Crippen LogP contribution in [0.15, 0.2) is 72.9 Å². The molecule has 0 unspecified atom stereocenters. The van der Waals surface area contributed by atoms with Crippen LogP contribution in [0.1, 0.15) is 5.56 Å². The fourth-order valence-electron chi connectivity index (χ4n) is 3.48. The molecule has 2 heterocycles. The number of hydrogen-bond donors (Lipinski definition) is 1. The number of pyridine rings is 1. The minimum atomic E-state index is -3.61. The number of halogens is 1. The lowest BCUT2D eigenvalue weighted by molar-refractivity contribution is 0.600. The van der Waals surface area contributed by atoms with Gasteiger partial charge in [-0.3, -0.25) is 4.72 Å². The van der Waals surface area contributed by atoms with Crippen molar-refractivity contribution in [2.24, 2.45) is 0 Å². The maximum atomic E-state index is 13.0. The lowest BCUT2D eigenvalue weighted by atomic mass is 10.2. The molecular weight excluding hydrogens is 403 g/mol. The summed E-state index contributed by atoms with van der Waals surface area (Å²) in [6.07, 6.45) is 1.53. The number of benzene rings is 2. The molecule has 0 spiro atoms. The van der Waals surface area contributed by atoms with Crippen molar-refractivity contribution in [3.8, 4) is 0 Å². The summed E-state index contributed by atoms with van der Waals surface area (Å²) < 4.78 is 40.2. The molecule has 0 aliphatic carbocycles. The number of anilines is 3. The van der Waals surface area contributed by atoms with Gasteiger partial charge in [-0.15, -0.1) is 0 Å². The number of sulfonamides is 1. The van der Waals surface area contributed by atoms with Gasteiger partial charge in [-0.1, -0.05) is 30.3 Å². The standard InChI is InChI=1S/C22H23FN4O2S/c23-19-8-6-18(7-9-19)17-30(28,29)25-20-10-11-22(24-16-20)27-14-12-26(13-15-27)21-4-2-1-3-5-21/h1-11,16,25H,12-15,17H2. The van der Waals surface area contributed by atoms with Crippen molar-refractivity contribution in [2.75, 3.05) is 40.7 Å². The molecule has 0 atom stereocenters. The Morgan fingerprint density at radius 1 is 0.867 bits per heavy atom. The van der Waals surface area contributed by atoms with Gasteiger partial charge in [0.1, 0.15) is 11.6 Å². The van der Waals surface area contributed by atoms with E-state index >= 15 is 0 Å². The molecule has 4 rings (SSSR count). The number of hydrogen-bond acceptors (Lipinski definition) is 5. The lowest BCUT2D eigenvalue weighted by Crippen LogP contribution is -2.46. The van der Waals surface area contributed by atoms with Crippen molar-refractivity contribution >= 4 is 27.2 Å². The van der Waals surface area contributed by atoms with E-state index in [9.17, 15) is 12.8 Å². The molecule has 1 fully saturated rings. The van der Waals surface area contributed by atoms with E-state index in [1.165, 1.54) is 36.1 Å². The number of para-hydroxylation sites is 1. The van der Waals surface area contributed by atoms with E-state index in [4.69, 9.17) is 0 Å². The van der Waals surface area contributed by atoms with Gasteiger partial charge < -0.3 is 9.80 Å². The molecule has 156 valence electrons. The van der Waals surface area contributed by atoms with Gasteiger partial charge in [-0.25, -0.2) is 17.8 Å². The second kappa shape index (κ2) is 8.71. The lowest BCUT2D eigenvalue weighted by Gasteiger charge is -2.36. The highest BCUT2D eigenvalue weighted by molar-refractivity contribution is 7.91. The van der Waals surface area contributed by atoms with Crippen LogP contribution < -0.4 is 14.5 Å². The van der Waals surface area contributed by atoms with Crippen molar-refractivity contribution in [1.82, 2.24) is 4.98 Å². The molecule has 1 aromatic heterocycles. The minimum absolute atomic E-state index is 0.226. The van der Waals surface area contributed by atoms with Gasteiger partial charge in [-0.05, 0) is 42.0 Å². The molecule has 3 aromatic rings. The summed E-state index contributed by atoms with van der Waals surface area (Å²) in [6, 6.07) is 19.3. The van der Waals surface area contributed by atoms with Crippen molar-refractivity contribution in [1.29, 1.82) is 0 Å². The van der Waals surface area contributed by atoms with Crippen molar-refractivity contribution in [3.05, 3.63) is 84.3 Å². The van der Waals surface area contributed by atoms with E-state index in [-0.39, 0.29) is 5.75 Å². The van der Waals surface area contributed by atoms with Gasteiger partial charge >= 0.3 is 0 Å². The average Bonchev–Trinajstić information content (AvgIpc) is 2.76.